The number of fused-ring (bicyclic) bond motifs is 1. The van der Waals surface area contributed by atoms with E-state index in [1.165, 1.54) is 6.08 Å². The van der Waals surface area contributed by atoms with Gasteiger partial charge in [0.05, 0.1) is 25.3 Å². The Morgan fingerprint density at radius 1 is 1.15 bits per heavy atom. The number of hydrogen-bond donors (Lipinski definition) is 1. The third-order valence-corrected chi connectivity index (χ3v) is 5.69. The number of methoxy groups -OCH3 is 2. The van der Waals surface area contributed by atoms with Crippen LogP contribution in [-0.4, -0.2) is 39.2 Å². The molecular weight excluding hydrogens is 432 g/mol. The average molecular weight is 467 g/mol. The molecule has 1 aliphatic rings. The Morgan fingerprint density at radius 3 is 2.56 bits per heavy atom. The maximum absolute atomic E-state index is 13.3. The molecule has 0 radical (unpaired) electrons. The number of hydrogen-bond acceptors (Lipinski definition) is 5. The van der Waals surface area contributed by atoms with E-state index in [1.807, 2.05) is 19.9 Å². The van der Waals surface area contributed by atoms with Gasteiger partial charge in [-0.3, -0.25) is 9.59 Å². The monoisotopic (exact) mass is 466 g/mol. The second-order valence-corrected chi connectivity index (χ2v) is 9.43. The molecule has 1 aliphatic heterocycles. The van der Waals surface area contributed by atoms with Gasteiger partial charge in [-0.2, -0.15) is 0 Å². The normalized spacial score (nSPS) is 15.0. The summed E-state index contributed by atoms with van der Waals surface area (Å²) in [6.07, 6.45) is 4.02. The zero-order valence-corrected chi connectivity index (χ0v) is 20.8. The minimum absolute atomic E-state index is 0.0173. The first-order valence-electron chi connectivity index (χ1n) is 11.4. The summed E-state index contributed by atoms with van der Waals surface area (Å²) in [4.78, 5) is 27.6. The van der Waals surface area contributed by atoms with Gasteiger partial charge >= 0.3 is 0 Å². The van der Waals surface area contributed by atoms with E-state index in [0.717, 1.165) is 12.0 Å². The molecule has 2 aromatic carbocycles. The van der Waals surface area contributed by atoms with Gasteiger partial charge in [0, 0.05) is 18.3 Å². The number of carbonyl (C=O) groups is 2. The third-order valence-electron chi connectivity index (χ3n) is 5.69. The van der Waals surface area contributed by atoms with Crippen molar-refractivity contribution >= 4 is 29.3 Å². The molecule has 2 aromatic rings. The van der Waals surface area contributed by atoms with Gasteiger partial charge in [-0.15, -0.1) is 0 Å². The van der Waals surface area contributed by atoms with E-state index in [1.54, 1.807) is 55.5 Å². The van der Waals surface area contributed by atoms with Gasteiger partial charge in [0.15, 0.2) is 11.5 Å². The maximum atomic E-state index is 13.3. The number of nitrogens with zero attached hydrogens (tertiary/aromatic N) is 1. The van der Waals surface area contributed by atoms with Crippen LogP contribution < -0.4 is 24.4 Å². The highest BCUT2D eigenvalue weighted by atomic mass is 16.5. The Labute approximate surface area is 201 Å². The van der Waals surface area contributed by atoms with Crippen LogP contribution in [0.4, 0.5) is 11.4 Å². The Hall–Kier alpha value is -3.48. The van der Waals surface area contributed by atoms with Crippen LogP contribution in [-0.2, 0) is 9.59 Å². The molecule has 182 valence electrons. The highest BCUT2D eigenvalue weighted by molar-refractivity contribution is 6.04. The lowest BCUT2D eigenvalue weighted by atomic mass is 9.92. The quantitative estimate of drug-likeness (QED) is 0.544. The van der Waals surface area contributed by atoms with Crippen molar-refractivity contribution in [3.05, 3.63) is 48.0 Å². The molecule has 7 nitrogen and oxygen atoms in total. The van der Waals surface area contributed by atoms with Crippen LogP contribution in [0.1, 0.15) is 39.7 Å². The Bertz CT molecular complexity index is 1070. The van der Waals surface area contributed by atoms with Crippen molar-refractivity contribution in [1.82, 2.24) is 0 Å². The van der Waals surface area contributed by atoms with Crippen molar-refractivity contribution in [3.63, 3.8) is 0 Å². The van der Waals surface area contributed by atoms with Crippen molar-refractivity contribution in [1.29, 1.82) is 0 Å². The van der Waals surface area contributed by atoms with Crippen molar-refractivity contribution in [2.75, 3.05) is 37.6 Å². The first kappa shape index (κ1) is 25.1. The number of carbonyl (C=O) groups excluding carboxylic acids is 2. The van der Waals surface area contributed by atoms with E-state index in [9.17, 15) is 9.59 Å². The summed E-state index contributed by atoms with van der Waals surface area (Å²) in [5, 5.41) is 2.88. The van der Waals surface area contributed by atoms with Crippen LogP contribution in [0.15, 0.2) is 42.5 Å². The standard InChI is InChI=1S/C27H34N2O5/c1-18(2)13-14-29-21-16-20(9-11-22(21)34-17-27(3,4)26(29)31)28-25(30)12-8-19-7-10-23(32-5)24(15-19)33-6/h7-12,15-16,18H,13-14,17H2,1-6H3,(H,28,30)/b12-8+. The molecular formula is C27H34N2O5. The Balaban J connectivity index is 1.80. The molecule has 3 rings (SSSR count). The summed E-state index contributed by atoms with van der Waals surface area (Å²) in [7, 11) is 3.14. The highest BCUT2D eigenvalue weighted by Gasteiger charge is 2.37. The van der Waals surface area contributed by atoms with E-state index in [0.29, 0.717) is 47.7 Å². The second kappa shape index (κ2) is 10.6. The molecule has 0 saturated heterocycles. The topological polar surface area (TPSA) is 77.1 Å². The highest BCUT2D eigenvalue weighted by Crippen LogP contribution is 2.38. The van der Waals surface area contributed by atoms with Crippen LogP contribution in [0.25, 0.3) is 6.08 Å². The van der Waals surface area contributed by atoms with Crippen LogP contribution in [0.5, 0.6) is 17.2 Å². The van der Waals surface area contributed by atoms with Gasteiger partial charge < -0.3 is 24.4 Å². The van der Waals surface area contributed by atoms with Crippen LogP contribution in [0.3, 0.4) is 0 Å². The van der Waals surface area contributed by atoms with E-state index in [2.05, 4.69) is 19.2 Å². The SMILES string of the molecule is COc1ccc(/C=C/C(=O)Nc2ccc3c(c2)N(CCC(C)C)C(=O)C(C)(C)CO3)cc1OC. The Kier molecular flexibility index (Phi) is 7.87. The fourth-order valence-corrected chi connectivity index (χ4v) is 3.64. The summed E-state index contributed by atoms with van der Waals surface area (Å²) < 4.78 is 16.5. The largest absolute Gasteiger partial charge is 0.493 e. The second-order valence-electron chi connectivity index (χ2n) is 9.43. The number of nitrogens with one attached hydrogen (secondary N) is 1. The lowest BCUT2D eigenvalue weighted by Gasteiger charge is -2.28. The fraction of sp³-hybridized carbons (Fsp3) is 0.407. The van der Waals surface area contributed by atoms with Crippen molar-refractivity contribution < 1.29 is 23.8 Å². The predicted molar refractivity (Wildman–Crippen MR) is 135 cm³/mol. The molecule has 1 N–H and O–H groups in total. The van der Waals surface area contributed by atoms with Crippen LogP contribution in [0.2, 0.25) is 0 Å². The van der Waals surface area contributed by atoms with E-state index < -0.39 is 5.41 Å². The molecule has 0 spiro atoms. The van der Waals surface area contributed by atoms with E-state index >= 15 is 0 Å². The zero-order chi connectivity index (χ0) is 24.9. The fourth-order valence-electron chi connectivity index (χ4n) is 3.64. The van der Waals surface area contributed by atoms with E-state index in [-0.39, 0.29) is 11.8 Å². The van der Waals surface area contributed by atoms with Crippen molar-refractivity contribution in [2.45, 2.75) is 34.1 Å². The van der Waals surface area contributed by atoms with Gasteiger partial charge in [-0.25, -0.2) is 0 Å². The average Bonchev–Trinajstić information content (AvgIpc) is 2.90. The molecule has 0 saturated carbocycles. The molecule has 0 unspecified atom stereocenters. The minimum Gasteiger partial charge on any atom is -0.493 e. The number of anilines is 2. The molecule has 1 heterocycles. The third kappa shape index (κ3) is 5.90. The van der Waals surface area contributed by atoms with Gasteiger partial charge in [0.25, 0.3) is 0 Å². The first-order valence-corrected chi connectivity index (χ1v) is 11.4. The summed E-state index contributed by atoms with van der Waals surface area (Å²) in [6, 6.07) is 10.8. The minimum atomic E-state index is -0.637. The number of benzene rings is 2. The number of amides is 2. The predicted octanol–water partition coefficient (Wildman–Crippen LogP) is 5.15. The summed E-state index contributed by atoms with van der Waals surface area (Å²) >= 11 is 0. The smallest absolute Gasteiger partial charge is 0.248 e. The van der Waals surface area contributed by atoms with Crippen molar-refractivity contribution in [2.24, 2.45) is 11.3 Å². The number of ether oxygens (including phenoxy) is 3. The summed E-state index contributed by atoms with van der Waals surface area (Å²) in [6.45, 7) is 8.94. The molecule has 0 bridgehead atoms. The Morgan fingerprint density at radius 2 is 1.88 bits per heavy atom. The van der Waals surface area contributed by atoms with Crippen molar-refractivity contribution in [3.8, 4) is 17.2 Å². The first-order chi connectivity index (χ1) is 16.1. The summed E-state index contributed by atoms with van der Waals surface area (Å²) in [5.74, 6) is 2.03. The molecule has 2 amide bonds. The summed E-state index contributed by atoms with van der Waals surface area (Å²) in [5.41, 5.74) is 1.43. The van der Waals surface area contributed by atoms with Gasteiger partial charge in [0.1, 0.15) is 12.4 Å². The molecule has 34 heavy (non-hydrogen) atoms. The van der Waals surface area contributed by atoms with Gasteiger partial charge in [0.2, 0.25) is 11.8 Å². The molecule has 0 aromatic heterocycles. The molecule has 0 fully saturated rings. The van der Waals surface area contributed by atoms with Gasteiger partial charge in [-0.05, 0) is 68.2 Å². The van der Waals surface area contributed by atoms with Crippen LogP contribution >= 0.6 is 0 Å². The zero-order valence-electron chi connectivity index (χ0n) is 20.8. The van der Waals surface area contributed by atoms with Crippen LogP contribution in [0, 0.1) is 11.3 Å². The lowest BCUT2D eigenvalue weighted by Crippen LogP contribution is -2.42. The lowest BCUT2D eigenvalue weighted by molar-refractivity contribution is -0.127. The maximum Gasteiger partial charge on any atom is 0.248 e. The van der Waals surface area contributed by atoms with Gasteiger partial charge in [-0.1, -0.05) is 19.9 Å². The molecule has 0 atom stereocenters. The number of rotatable bonds is 8. The molecule has 0 aliphatic carbocycles. The van der Waals surface area contributed by atoms with E-state index in [4.69, 9.17) is 14.2 Å². The molecule has 7 heteroatoms.